The Morgan fingerprint density at radius 2 is 1.00 bits per heavy atom. The topological polar surface area (TPSA) is 52.6 Å². The fourth-order valence-electron chi connectivity index (χ4n) is 2.00. The van der Waals surface area contributed by atoms with Gasteiger partial charge in [0.05, 0.1) is 13.2 Å². The van der Waals surface area contributed by atoms with Crippen molar-refractivity contribution in [2.75, 3.05) is 13.2 Å². The molecule has 0 heterocycles. The second-order valence-corrected chi connectivity index (χ2v) is 5.45. The van der Waals surface area contributed by atoms with Crippen molar-refractivity contribution >= 4 is 11.9 Å². The van der Waals surface area contributed by atoms with Crippen molar-refractivity contribution in [1.82, 2.24) is 0 Å². The van der Waals surface area contributed by atoms with Gasteiger partial charge in [0.25, 0.3) is 0 Å². The summed E-state index contributed by atoms with van der Waals surface area (Å²) in [6.45, 7) is 5.13. The van der Waals surface area contributed by atoms with Crippen LogP contribution in [0.25, 0.3) is 0 Å². The normalized spacial score (nSPS) is 10.4. The third kappa shape index (κ3) is 15.2. The van der Waals surface area contributed by atoms with Crippen LogP contribution >= 0.6 is 0 Å². The molecule has 0 N–H and O–H groups in total. The van der Waals surface area contributed by atoms with Crippen molar-refractivity contribution < 1.29 is 19.1 Å². The summed E-state index contributed by atoms with van der Waals surface area (Å²) in [5.41, 5.74) is 0. The van der Waals surface area contributed by atoms with E-state index >= 15 is 0 Å². The highest BCUT2D eigenvalue weighted by Gasteiger charge is 2.11. The Balaban J connectivity index is 3.37. The van der Waals surface area contributed by atoms with E-state index in [0.717, 1.165) is 38.5 Å². The van der Waals surface area contributed by atoms with Gasteiger partial charge in [-0.05, 0) is 12.8 Å². The Morgan fingerprint density at radius 1 is 0.619 bits per heavy atom. The fraction of sp³-hybridized carbons (Fsp3) is 0.882. The Morgan fingerprint density at radius 3 is 1.48 bits per heavy atom. The Labute approximate surface area is 129 Å². The highest BCUT2D eigenvalue weighted by atomic mass is 16.6. The predicted octanol–water partition coefficient (Wildman–Crippen LogP) is 4.40. The minimum Gasteiger partial charge on any atom is -0.465 e. The molecule has 21 heavy (non-hydrogen) atoms. The van der Waals surface area contributed by atoms with Gasteiger partial charge >= 0.3 is 11.9 Å². The smallest absolute Gasteiger partial charge is 0.317 e. The number of unbranched alkanes of at least 4 members (excludes halogenated alkanes) is 8. The lowest BCUT2D eigenvalue weighted by Gasteiger charge is -2.06. The third-order valence-corrected chi connectivity index (χ3v) is 3.31. The van der Waals surface area contributed by atoms with Crippen molar-refractivity contribution in [3.63, 3.8) is 0 Å². The summed E-state index contributed by atoms with van der Waals surface area (Å²) in [7, 11) is 0. The highest BCUT2D eigenvalue weighted by Crippen LogP contribution is 2.05. The molecule has 0 aromatic heterocycles. The van der Waals surface area contributed by atoms with E-state index in [2.05, 4.69) is 13.8 Å². The van der Waals surface area contributed by atoms with Gasteiger partial charge in [-0.25, -0.2) is 0 Å². The van der Waals surface area contributed by atoms with Crippen LogP contribution in [-0.2, 0) is 19.1 Å². The number of ether oxygens (including phenoxy) is 2. The van der Waals surface area contributed by atoms with E-state index in [1.807, 2.05) is 0 Å². The number of carbonyl (C=O) groups is 2. The Hall–Kier alpha value is -1.06. The summed E-state index contributed by atoms with van der Waals surface area (Å²) < 4.78 is 10.0. The first-order valence-corrected chi connectivity index (χ1v) is 8.52. The maximum absolute atomic E-state index is 11.4. The molecule has 0 bridgehead atoms. The number of hydrogen-bond donors (Lipinski definition) is 0. The molecule has 0 aromatic carbocycles. The molecule has 0 aliphatic rings. The van der Waals surface area contributed by atoms with Crippen molar-refractivity contribution in [3.8, 4) is 0 Å². The first-order chi connectivity index (χ1) is 10.2. The quantitative estimate of drug-likeness (QED) is 0.271. The largest absolute Gasteiger partial charge is 0.465 e. The van der Waals surface area contributed by atoms with Crippen molar-refractivity contribution in [3.05, 3.63) is 0 Å². The van der Waals surface area contributed by atoms with E-state index in [0.29, 0.717) is 13.2 Å². The molecule has 0 atom stereocenters. The first kappa shape index (κ1) is 19.9. The molecule has 0 saturated carbocycles. The van der Waals surface area contributed by atoms with Gasteiger partial charge in [-0.1, -0.05) is 65.2 Å². The third-order valence-electron chi connectivity index (χ3n) is 3.31. The average Bonchev–Trinajstić information content (AvgIpc) is 2.46. The fourth-order valence-corrected chi connectivity index (χ4v) is 2.00. The van der Waals surface area contributed by atoms with E-state index in [1.165, 1.54) is 25.7 Å². The van der Waals surface area contributed by atoms with Crippen LogP contribution in [0.5, 0.6) is 0 Å². The Kier molecular flexibility index (Phi) is 14.6. The van der Waals surface area contributed by atoms with Crippen LogP contribution in [0.15, 0.2) is 0 Å². The molecule has 0 spiro atoms. The molecule has 0 amide bonds. The predicted molar refractivity (Wildman–Crippen MR) is 84.1 cm³/mol. The van der Waals surface area contributed by atoms with Crippen LogP contribution in [0.2, 0.25) is 0 Å². The van der Waals surface area contributed by atoms with Crippen LogP contribution < -0.4 is 0 Å². The molecule has 0 fully saturated rings. The minimum atomic E-state index is -0.473. The summed E-state index contributed by atoms with van der Waals surface area (Å²) >= 11 is 0. The van der Waals surface area contributed by atoms with Gasteiger partial charge in [-0.3, -0.25) is 9.59 Å². The molecule has 0 aliphatic heterocycles. The summed E-state index contributed by atoms with van der Waals surface area (Å²) in [5.74, 6) is -0.943. The second kappa shape index (κ2) is 15.3. The van der Waals surface area contributed by atoms with Gasteiger partial charge < -0.3 is 9.47 Å². The molecule has 124 valence electrons. The van der Waals surface area contributed by atoms with Crippen LogP contribution in [0, 0.1) is 0 Å². The van der Waals surface area contributed by atoms with Gasteiger partial charge in [0, 0.05) is 0 Å². The maximum atomic E-state index is 11.4. The van der Waals surface area contributed by atoms with Gasteiger partial charge in [-0.2, -0.15) is 0 Å². The lowest BCUT2D eigenvalue weighted by molar-refractivity contribution is -0.154. The molecule has 0 saturated heterocycles. The minimum absolute atomic E-state index is 0.260. The Bertz CT molecular complexity index is 264. The number of esters is 2. The van der Waals surface area contributed by atoms with Crippen LogP contribution in [0.3, 0.4) is 0 Å². The number of rotatable bonds is 14. The monoisotopic (exact) mass is 300 g/mol. The lowest BCUT2D eigenvalue weighted by atomic mass is 10.1. The van der Waals surface area contributed by atoms with Gasteiger partial charge in [0.2, 0.25) is 0 Å². The first-order valence-electron chi connectivity index (χ1n) is 8.52. The summed E-state index contributed by atoms with van der Waals surface area (Å²) in [6.07, 6.45) is 10.9. The van der Waals surface area contributed by atoms with Crippen molar-refractivity contribution in [2.24, 2.45) is 0 Å². The number of carbonyl (C=O) groups excluding carboxylic acids is 2. The number of hydrogen-bond acceptors (Lipinski definition) is 4. The van der Waals surface area contributed by atoms with Crippen LogP contribution in [-0.4, -0.2) is 25.2 Å². The zero-order valence-electron chi connectivity index (χ0n) is 13.8. The summed E-state index contributed by atoms with van der Waals surface area (Å²) in [4.78, 5) is 22.8. The van der Waals surface area contributed by atoms with E-state index in [9.17, 15) is 9.59 Å². The van der Waals surface area contributed by atoms with Gasteiger partial charge in [0.15, 0.2) is 0 Å². The van der Waals surface area contributed by atoms with E-state index in [4.69, 9.17) is 9.47 Å². The highest BCUT2D eigenvalue weighted by molar-refractivity contribution is 5.91. The standard InChI is InChI=1S/C17H32O4/c1-3-5-7-9-10-12-14-21-17(19)15-16(18)20-13-11-8-6-4-2/h3-15H2,1-2H3. The second-order valence-electron chi connectivity index (χ2n) is 5.45. The van der Waals surface area contributed by atoms with Crippen LogP contribution in [0.4, 0.5) is 0 Å². The van der Waals surface area contributed by atoms with Crippen molar-refractivity contribution in [1.29, 1.82) is 0 Å². The molecular weight excluding hydrogens is 268 g/mol. The zero-order valence-corrected chi connectivity index (χ0v) is 13.8. The summed E-state index contributed by atoms with van der Waals surface area (Å²) in [5, 5.41) is 0. The van der Waals surface area contributed by atoms with Gasteiger partial charge in [0.1, 0.15) is 6.42 Å². The molecule has 0 radical (unpaired) electrons. The molecule has 0 aromatic rings. The molecule has 0 aliphatic carbocycles. The molecule has 0 unspecified atom stereocenters. The van der Waals surface area contributed by atoms with E-state index < -0.39 is 11.9 Å². The van der Waals surface area contributed by atoms with Gasteiger partial charge in [-0.15, -0.1) is 0 Å². The van der Waals surface area contributed by atoms with Crippen molar-refractivity contribution in [2.45, 2.75) is 84.5 Å². The average molecular weight is 300 g/mol. The summed E-state index contributed by atoms with van der Waals surface area (Å²) in [6, 6.07) is 0. The van der Waals surface area contributed by atoms with Crippen LogP contribution in [0.1, 0.15) is 84.5 Å². The van der Waals surface area contributed by atoms with E-state index in [1.54, 1.807) is 0 Å². The van der Waals surface area contributed by atoms with E-state index in [-0.39, 0.29) is 6.42 Å². The molecule has 4 nitrogen and oxygen atoms in total. The zero-order chi connectivity index (χ0) is 15.8. The lowest BCUT2D eigenvalue weighted by Crippen LogP contribution is -2.15. The molecule has 4 heteroatoms. The molecular formula is C17H32O4. The maximum Gasteiger partial charge on any atom is 0.317 e. The SMILES string of the molecule is CCCCCCCCOC(=O)CC(=O)OCCCCCC. The molecule has 0 rings (SSSR count).